The molecule has 0 radical (unpaired) electrons. The highest BCUT2D eigenvalue weighted by Crippen LogP contribution is 2.16. The predicted molar refractivity (Wildman–Crippen MR) is 77.2 cm³/mol. The standard InChI is InChI=1S/C13H22FN3O2S/c1-10(2)17(3)7-6-16-20(18,19)13-8-12(14)5-4-11(13)9-15/h4-5,8,10,16H,6-7,9,15H2,1-3H3. The van der Waals surface area contributed by atoms with E-state index in [0.29, 0.717) is 18.2 Å². The molecule has 1 rings (SSSR count). The third kappa shape index (κ3) is 4.52. The Balaban J connectivity index is 2.81. The van der Waals surface area contributed by atoms with Gasteiger partial charge in [-0.15, -0.1) is 0 Å². The second kappa shape index (κ2) is 7.12. The highest BCUT2D eigenvalue weighted by atomic mass is 32.2. The molecule has 0 atom stereocenters. The number of hydrogen-bond donors (Lipinski definition) is 2. The quantitative estimate of drug-likeness (QED) is 0.785. The summed E-state index contributed by atoms with van der Waals surface area (Å²) in [6.45, 7) is 4.92. The van der Waals surface area contributed by atoms with E-state index in [1.807, 2.05) is 25.8 Å². The molecule has 0 spiro atoms. The lowest BCUT2D eigenvalue weighted by Gasteiger charge is -2.21. The highest BCUT2D eigenvalue weighted by molar-refractivity contribution is 7.89. The van der Waals surface area contributed by atoms with Crippen LogP contribution in [-0.4, -0.2) is 39.5 Å². The Morgan fingerprint density at radius 2 is 2.05 bits per heavy atom. The SMILES string of the molecule is CC(C)N(C)CCNS(=O)(=O)c1cc(F)ccc1CN. The van der Waals surface area contributed by atoms with E-state index in [2.05, 4.69) is 4.72 Å². The molecule has 1 aromatic rings. The molecular weight excluding hydrogens is 281 g/mol. The van der Waals surface area contributed by atoms with Gasteiger partial charge in [0.2, 0.25) is 10.0 Å². The van der Waals surface area contributed by atoms with Crippen LogP contribution in [0, 0.1) is 5.82 Å². The number of nitrogens with one attached hydrogen (secondary N) is 1. The van der Waals surface area contributed by atoms with Gasteiger partial charge in [-0.05, 0) is 38.6 Å². The minimum absolute atomic E-state index is 0.0441. The monoisotopic (exact) mass is 303 g/mol. The maximum atomic E-state index is 13.2. The molecule has 0 aromatic heterocycles. The predicted octanol–water partition coefficient (Wildman–Crippen LogP) is 0.903. The van der Waals surface area contributed by atoms with E-state index in [1.165, 1.54) is 12.1 Å². The largest absolute Gasteiger partial charge is 0.326 e. The first-order chi connectivity index (χ1) is 9.27. The molecule has 0 heterocycles. The molecule has 20 heavy (non-hydrogen) atoms. The molecule has 3 N–H and O–H groups in total. The molecule has 0 aliphatic carbocycles. The Hall–Kier alpha value is -1.02. The van der Waals surface area contributed by atoms with Crippen LogP contribution in [0.1, 0.15) is 19.4 Å². The van der Waals surface area contributed by atoms with Crippen molar-refractivity contribution in [3.63, 3.8) is 0 Å². The van der Waals surface area contributed by atoms with Crippen molar-refractivity contribution in [2.75, 3.05) is 20.1 Å². The van der Waals surface area contributed by atoms with Crippen molar-refractivity contribution in [1.29, 1.82) is 0 Å². The second-order valence-electron chi connectivity index (χ2n) is 4.93. The molecule has 1 aromatic carbocycles. The van der Waals surface area contributed by atoms with Crippen molar-refractivity contribution < 1.29 is 12.8 Å². The van der Waals surface area contributed by atoms with Crippen molar-refractivity contribution in [3.05, 3.63) is 29.6 Å². The fraction of sp³-hybridized carbons (Fsp3) is 0.538. The third-order valence-electron chi connectivity index (χ3n) is 3.18. The first-order valence-electron chi connectivity index (χ1n) is 6.46. The Morgan fingerprint density at radius 1 is 1.40 bits per heavy atom. The molecule has 0 aliphatic rings. The van der Waals surface area contributed by atoms with Crippen LogP contribution in [-0.2, 0) is 16.6 Å². The van der Waals surface area contributed by atoms with Gasteiger partial charge >= 0.3 is 0 Å². The van der Waals surface area contributed by atoms with E-state index in [4.69, 9.17) is 5.73 Å². The zero-order valence-electron chi connectivity index (χ0n) is 12.1. The topological polar surface area (TPSA) is 75.4 Å². The Morgan fingerprint density at radius 3 is 2.60 bits per heavy atom. The molecule has 7 heteroatoms. The minimum atomic E-state index is -3.74. The number of likely N-dealkylation sites (N-methyl/N-ethyl adjacent to an activating group) is 1. The average Bonchev–Trinajstić information content (AvgIpc) is 2.38. The van der Waals surface area contributed by atoms with Crippen LogP contribution < -0.4 is 10.5 Å². The van der Waals surface area contributed by atoms with E-state index in [1.54, 1.807) is 0 Å². The molecule has 5 nitrogen and oxygen atoms in total. The van der Waals surface area contributed by atoms with E-state index >= 15 is 0 Å². The van der Waals surface area contributed by atoms with Gasteiger partial charge in [0.1, 0.15) is 5.82 Å². The zero-order valence-corrected chi connectivity index (χ0v) is 12.9. The Labute approximate surface area is 120 Å². The van der Waals surface area contributed by atoms with Crippen LogP contribution in [0.2, 0.25) is 0 Å². The van der Waals surface area contributed by atoms with E-state index in [-0.39, 0.29) is 18.0 Å². The van der Waals surface area contributed by atoms with Gasteiger partial charge in [0.25, 0.3) is 0 Å². The molecule has 0 bridgehead atoms. The fourth-order valence-electron chi connectivity index (χ4n) is 1.64. The summed E-state index contributed by atoms with van der Waals surface area (Å²) in [6.07, 6.45) is 0. The Kier molecular flexibility index (Phi) is 6.07. The van der Waals surface area contributed by atoms with Gasteiger partial charge < -0.3 is 10.6 Å². The summed E-state index contributed by atoms with van der Waals surface area (Å²) in [5.74, 6) is -0.595. The molecule has 0 saturated heterocycles. The summed E-state index contributed by atoms with van der Waals surface area (Å²) in [5, 5.41) is 0. The highest BCUT2D eigenvalue weighted by Gasteiger charge is 2.18. The van der Waals surface area contributed by atoms with Gasteiger partial charge in [0, 0.05) is 25.7 Å². The summed E-state index contributed by atoms with van der Waals surface area (Å²) < 4.78 is 40.0. The van der Waals surface area contributed by atoms with Crippen molar-refractivity contribution in [2.45, 2.75) is 31.3 Å². The van der Waals surface area contributed by atoms with Gasteiger partial charge in [0.05, 0.1) is 4.90 Å². The summed E-state index contributed by atoms with van der Waals surface area (Å²) in [7, 11) is -1.83. The number of hydrogen-bond acceptors (Lipinski definition) is 4. The minimum Gasteiger partial charge on any atom is -0.326 e. The zero-order chi connectivity index (χ0) is 15.3. The molecule has 0 fully saturated rings. The van der Waals surface area contributed by atoms with Crippen molar-refractivity contribution >= 4 is 10.0 Å². The van der Waals surface area contributed by atoms with Crippen molar-refractivity contribution in [1.82, 2.24) is 9.62 Å². The lowest BCUT2D eigenvalue weighted by Crippen LogP contribution is -2.36. The number of nitrogens with zero attached hydrogens (tertiary/aromatic N) is 1. The van der Waals surface area contributed by atoms with Gasteiger partial charge in [0.15, 0.2) is 0 Å². The van der Waals surface area contributed by atoms with Crippen LogP contribution in [0.3, 0.4) is 0 Å². The van der Waals surface area contributed by atoms with E-state index in [0.717, 1.165) is 6.07 Å². The van der Waals surface area contributed by atoms with Gasteiger partial charge in [-0.1, -0.05) is 6.07 Å². The number of rotatable bonds is 7. The van der Waals surface area contributed by atoms with Gasteiger partial charge in [-0.2, -0.15) is 0 Å². The number of halogens is 1. The van der Waals surface area contributed by atoms with Crippen LogP contribution in [0.25, 0.3) is 0 Å². The van der Waals surface area contributed by atoms with Gasteiger partial charge in [-0.25, -0.2) is 17.5 Å². The maximum absolute atomic E-state index is 13.2. The van der Waals surface area contributed by atoms with E-state index < -0.39 is 15.8 Å². The molecule has 0 aliphatic heterocycles. The summed E-state index contributed by atoms with van der Waals surface area (Å²) in [4.78, 5) is 1.92. The first-order valence-corrected chi connectivity index (χ1v) is 7.94. The fourth-order valence-corrected chi connectivity index (χ4v) is 2.92. The van der Waals surface area contributed by atoms with Crippen LogP contribution in [0.5, 0.6) is 0 Å². The van der Waals surface area contributed by atoms with Crippen molar-refractivity contribution in [2.24, 2.45) is 5.73 Å². The van der Waals surface area contributed by atoms with Crippen LogP contribution in [0.15, 0.2) is 23.1 Å². The lowest BCUT2D eigenvalue weighted by atomic mass is 10.2. The van der Waals surface area contributed by atoms with Crippen LogP contribution >= 0.6 is 0 Å². The second-order valence-corrected chi connectivity index (χ2v) is 6.66. The molecule has 114 valence electrons. The Bertz CT molecular complexity index is 547. The number of nitrogens with two attached hydrogens (primary N) is 1. The molecule has 0 amide bonds. The summed E-state index contributed by atoms with van der Waals surface area (Å²) >= 11 is 0. The smallest absolute Gasteiger partial charge is 0.241 e. The maximum Gasteiger partial charge on any atom is 0.241 e. The van der Waals surface area contributed by atoms with Crippen LogP contribution in [0.4, 0.5) is 4.39 Å². The molecule has 0 unspecified atom stereocenters. The molecule has 0 saturated carbocycles. The summed E-state index contributed by atoms with van der Waals surface area (Å²) in [5.41, 5.74) is 5.89. The summed E-state index contributed by atoms with van der Waals surface area (Å²) in [6, 6.07) is 3.92. The lowest BCUT2D eigenvalue weighted by molar-refractivity contribution is 0.278. The normalized spacial score (nSPS) is 12.3. The molecular formula is C13H22FN3O2S. The number of sulfonamides is 1. The number of benzene rings is 1. The van der Waals surface area contributed by atoms with Crippen molar-refractivity contribution in [3.8, 4) is 0 Å². The average molecular weight is 303 g/mol. The first kappa shape index (κ1) is 17.0. The van der Waals surface area contributed by atoms with Gasteiger partial charge in [-0.3, -0.25) is 0 Å². The third-order valence-corrected chi connectivity index (χ3v) is 4.72. The van der Waals surface area contributed by atoms with E-state index in [9.17, 15) is 12.8 Å².